The smallest absolute Gasteiger partial charge is 0.308 e. The first kappa shape index (κ1) is 14.3. The van der Waals surface area contributed by atoms with Crippen molar-refractivity contribution in [3.05, 3.63) is 18.3 Å². The van der Waals surface area contributed by atoms with Gasteiger partial charge in [-0.05, 0) is 25.0 Å². The lowest BCUT2D eigenvalue weighted by Gasteiger charge is -2.31. The fourth-order valence-corrected chi connectivity index (χ4v) is 2.25. The van der Waals surface area contributed by atoms with Gasteiger partial charge in [-0.25, -0.2) is 4.98 Å². The molecule has 1 saturated heterocycles. The van der Waals surface area contributed by atoms with Crippen LogP contribution in [0.5, 0.6) is 0 Å². The van der Waals surface area contributed by atoms with Crippen molar-refractivity contribution >= 4 is 23.4 Å². The van der Waals surface area contributed by atoms with Crippen LogP contribution in [-0.2, 0) is 9.59 Å². The number of pyridine rings is 1. The Bertz CT molecular complexity index is 489. The Morgan fingerprint density at radius 2 is 2.30 bits per heavy atom. The zero-order chi connectivity index (χ0) is 14.5. The van der Waals surface area contributed by atoms with Gasteiger partial charge in [0.05, 0.1) is 24.3 Å². The molecule has 1 amide bonds. The van der Waals surface area contributed by atoms with Crippen LogP contribution in [-0.4, -0.2) is 41.6 Å². The second-order valence-corrected chi connectivity index (χ2v) is 4.78. The third kappa shape index (κ3) is 3.45. The number of aromatic nitrogens is 1. The Kier molecular flexibility index (Phi) is 4.52. The van der Waals surface area contributed by atoms with E-state index in [0.29, 0.717) is 18.7 Å². The molecule has 0 aliphatic carbocycles. The zero-order valence-corrected chi connectivity index (χ0v) is 11.1. The van der Waals surface area contributed by atoms with Crippen molar-refractivity contribution in [1.29, 1.82) is 0 Å². The third-order valence-corrected chi connectivity index (χ3v) is 3.31. The minimum absolute atomic E-state index is 0.0752. The molecule has 1 fully saturated rings. The normalized spacial score (nSPS) is 18.6. The molecule has 2 rings (SSSR count). The molecular weight excluding hydrogens is 260 g/mol. The largest absolute Gasteiger partial charge is 0.481 e. The maximum atomic E-state index is 11.1. The molecule has 0 spiro atoms. The first-order valence-electron chi connectivity index (χ1n) is 6.54. The van der Waals surface area contributed by atoms with E-state index >= 15 is 0 Å². The van der Waals surface area contributed by atoms with Gasteiger partial charge in [0.15, 0.2) is 0 Å². The number of carboxylic acids is 1. The molecule has 7 heteroatoms. The van der Waals surface area contributed by atoms with Crippen molar-refractivity contribution < 1.29 is 14.7 Å². The summed E-state index contributed by atoms with van der Waals surface area (Å²) < 4.78 is 0. The van der Waals surface area contributed by atoms with Crippen molar-refractivity contribution in [3.63, 3.8) is 0 Å². The zero-order valence-electron chi connectivity index (χ0n) is 11.1. The molecule has 4 N–H and O–H groups in total. The summed E-state index contributed by atoms with van der Waals surface area (Å²) in [7, 11) is 0. The van der Waals surface area contributed by atoms with Gasteiger partial charge in [-0.3, -0.25) is 9.59 Å². The molecule has 0 bridgehead atoms. The number of hydrogen-bond donors (Lipinski definition) is 3. The number of carboxylic acid groups (broad SMARTS) is 1. The van der Waals surface area contributed by atoms with E-state index in [9.17, 15) is 9.59 Å². The Hall–Kier alpha value is -2.15. The fraction of sp³-hybridized carbons (Fsp3) is 0.462. The van der Waals surface area contributed by atoms with Crippen LogP contribution in [0.1, 0.15) is 12.8 Å². The summed E-state index contributed by atoms with van der Waals surface area (Å²) >= 11 is 0. The van der Waals surface area contributed by atoms with E-state index in [1.165, 1.54) is 0 Å². The van der Waals surface area contributed by atoms with Crippen LogP contribution in [0, 0.1) is 5.92 Å². The molecule has 1 aliphatic rings. The molecule has 1 unspecified atom stereocenters. The van der Waals surface area contributed by atoms with Crippen LogP contribution >= 0.6 is 0 Å². The van der Waals surface area contributed by atoms with Crippen molar-refractivity contribution in [3.8, 4) is 0 Å². The number of aliphatic carboxylic acids is 1. The highest BCUT2D eigenvalue weighted by atomic mass is 16.4. The van der Waals surface area contributed by atoms with Gasteiger partial charge in [0.2, 0.25) is 5.91 Å². The molecule has 108 valence electrons. The minimum Gasteiger partial charge on any atom is -0.481 e. The standard InChI is InChI=1S/C13H18N4O3/c14-6-12(18)16-10-3-4-11(15-7-10)17-5-1-2-9(8-17)13(19)20/h3-4,7,9H,1-2,5-6,8,14H2,(H,16,18)(H,19,20). The second-order valence-electron chi connectivity index (χ2n) is 4.78. The van der Waals surface area contributed by atoms with Crippen LogP contribution in [0.15, 0.2) is 18.3 Å². The number of carbonyl (C=O) groups is 2. The average Bonchev–Trinajstić information content (AvgIpc) is 2.48. The van der Waals surface area contributed by atoms with Crippen LogP contribution in [0.4, 0.5) is 11.5 Å². The molecule has 1 aromatic heterocycles. The van der Waals surface area contributed by atoms with Crippen LogP contribution in [0.2, 0.25) is 0 Å². The second kappa shape index (κ2) is 6.33. The Labute approximate surface area is 116 Å². The maximum Gasteiger partial charge on any atom is 0.308 e. The van der Waals surface area contributed by atoms with E-state index in [4.69, 9.17) is 10.8 Å². The number of hydrogen-bond acceptors (Lipinski definition) is 5. The van der Waals surface area contributed by atoms with Gasteiger partial charge >= 0.3 is 5.97 Å². The van der Waals surface area contributed by atoms with Crippen molar-refractivity contribution in [2.45, 2.75) is 12.8 Å². The van der Waals surface area contributed by atoms with Crippen molar-refractivity contribution in [1.82, 2.24) is 4.98 Å². The Balaban J connectivity index is 2.02. The van der Waals surface area contributed by atoms with Gasteiger partial charge < -0.3 is 21.1 Å². The summed E-state index contributed by atoms with van der Waals surface area (Å²) in [6.07, 6.45) is 3.09. The molecular formula is C13H18N4O3. The molecule has 0 aromatic carbocycles. The first-order valence-corrected chi connectivity index (χ1v) is 6.54. The molecule has 1 atom stereocenters. The summed E-state index contributed by atoms with van der Waals surface area (Å²) in [5.74, 6) is -0.658. The third-order valence-electron chi connectivity index (χ3n) is 3.31. The fourth-order valence-electron chi connectivity index (χ4n) is 2.25. The average molecular weight is 278 g/mol. The van der Waals surface area contributed by atoms with Crippen LogP contribution < -0.4 is 16.0 Å². The predicted octanol–water partition coefficient (Wildman–Crippen LogP) is 0.280. The Morgan fingerprint density at radius 3 is 2.90 bits per heavy atom. The molecule has 2 heterocycles. The highest BCUT2D eigenvalue weighted by molar-refractivity contribution is 5.91. The van der Waals surface area contributed by atoms with E-state index in [0.717, 1.165) is 18.8 Å². The van der Waals surface area contributed by atoms with Gasteiger partial charge in [0.25, 0.3) is 0 Å². The highest BCUT2D eigenvalue weighted by Gasteiger charge is 2.25. The number of carbonyl (C=O) groups excluding carboxylic acids is 1. The van der Waals surface area contributed by atoms with Crippen LogP contribution in [0.3, 0.4) is 0 Å². The van der Waals surface area contributed by atoms with Gasteiger partial charge in [0, 0.05) is 13.1 Å². The Morgan fingerprint density at radius 1 is 1.50 bits per heavy atom. The van der Waals surface area contributed by atoms with E-state index in [1.54, 1.807) is 18.3 Å². The summed E-state index contributed by atoms with van der Waals surface area (Å²) in [6.45, 7) is 1.19. The summed E-state index contributed by atoms with van der Waals surface area (Å²) in [5.41, 5.74) is 5.79. The number of nitrogens with two attached hydrogens (primary N) is 1. The summed E-state index contributed by atoms with van der Waals surface area (Å²) in [5, 5.41) is 11.7. The van der Waals surface area contributed by atoms with E-state index in [1.807, 2.05) is 4.90 Å². The lowest BCUT2D eigenvalue weighted by Crippen LogP contribution is -2.39. The lowest BCUT2D eigenvalue weighted by molar-refractivity contribution is -0.142. The summed E-state index contributed by atoms with van der Waals surface area (Å²) in [4.78, 5) is 28.4. The monoisotopic (exact) mass is 278 g/mol. The predicted molar refractivity (Wildman–Crippen MR) is 74.5 cm³/mol. The number of amides is 1. The van der Waals surface area contributed by atoms with E-state index in [2.05, 4.69) is 10.3 Å². The number of rotatable bonds is 4. The van der Waals surface area contributed by atoms with E-state index < -0.39 is 5.97 Å². The van der Waals surface area contributed by atoms with Gasteiger partial charge in [0.1, 0.15) is 5.82 Å². The maximum absolute atomic E-state index is 11.1. The summed E-state index contributed by atoms with van der Waals surface area (Å²) in [6, 6.07) is 3.51. The molecule has 20 heavy (non-hydrogen) atoms. The van der Waals surface area contributed by atoms with Crippen molar-refractivity contribution in [2.24, 2.45) is 11.7 Å². The molecule has 0 radical (unpaired) electrons. The molecule has 7 nitrogen and oxygen atoms in total. The quantitative estimate of drug-likeness (QED) is 0.730. The van der Waals surface area contributed by atoms with Gasteiger partial charge in [-0.15, -0.1) is 0 Å². The van der Waals surface area contributed by atoms with Crippen molar-refractivity contribution in [2.75, 3.05) is 29.9 Å². The number of piperidine rings is 1. The minimum atomic E-state index is -0.762. The number of anilines is 2. The highest BCUT2D eigenvalue weighted by Crippen LogP contribution is 2.22. The number of nitrogens with one attached hydrogen (secondary N) is 1. The molecule has 1 aliphatic heterocycles. The topological polar surface area (TPSA) is 109 Å². The van der Waals surface area contributed by atoms with Crippen LogP contribution in [0.25, 0.3) is 0 Å². The number of nitrogens with zero attached hydrogens (tertiary/aromatic N) is 2. The van der Waals surface area contributed by atoms with Gasteiger partial charge in [-0.1, -0.05) is 0 Å². The molecule has 0 saturated carbocycles. The lowest BCUT2D eigenvalue weighted by atomic mass is 9.98. The molecule has 1 aromatic rings. The van der Waals surface area contributed by atoms with Gasteiger partial charge in [-0.2, -0.15) is 0 Å². The SMILES string of the molecule is NCC(=O)Nc1ccc(N2CCCC(C(=O)O)C2)nc1. The first-order chi connectivity index (χ1) is 9.60. The van der Waals surface area contributed by atoms with E-state index in [-0.39, 0.29) is 18.4 Å².